The molecule has 2 aromatic carbocycles. The third-order valence-corrected chi connectivity index (χ3v) is 4.71. The third kappa shape index (κ3) is 5.06. The lowest BCUT2D eigenvalue weighted by Crippen LogP contribution is -2.25. The summed E-state index contributed by atoms with van der Waals surface area (Å²) in [4.78, 5) is 12.7. The Hall–Kier alpha value is -3.15. The number of hydrogen-bond donors (Lipinski definition) is 1. The molecule has 3 aromatic rings. The van der Waals surface area contributed by atoms with Crippen molar-refractivity contribution in [2.24, 2.45) is 0 Å². The fourth-order valence-electron chi connectivity index (χ4n) is 3.41. The highest BCUT2D eigenvalue weighted by molar-refractivity contribution is 5.95. The summed E-state index contributed by atoms with van der Waals surface area (Å²) in [7, 11) is 0. The summed E-state index contributed by atoms with van der Waals surface area (Å²) in [5.41, 5.74) is 1.70. The second kappa shape index (κ2) is 10.6. The second-order valence-electron chi connectivity index (χ2n) is 6.78. The van der Waals surface area contributed by atoms with E-state index in [1.807, 2.05) is 32.9 Å². The van der Waals surface area contributed by atoms with E-state index in [1.165, 1.54) is 10.9 Å². The molecule has 1 aromatic heterocycles. The maximum Gasteiger partial charge on any atom is 0.251 e. The van der Waals surface area contributed by atoms with Gasteiger partial charge in [0.25, 0.3) is 5.91 Å². The molecule has 0 aliphatic rings. The number of aryl methyl sites for hydroxylation is 1. The van der Waals surface area contributed by atoms with Crippen molar-refractivity contribution in [2.75, 3.05) is 26.4 Å². The summed E-state index contributed by atoms with van der Waals surface area (Å²) in [6, 6.07) is 13.8. The molecule has 1 N–H and O–H groups in total. The molecule has 0 saturated carbocycles. The van der Waals surface area contributed by atoms with Gasteiger partial charge in [-0.15, -0.1) is 0 Å². The van der Waals surface area contributed by atoms with Crippen molar-refractivity contribution in [1.82, 2.24) is 9.88 Å². The van der Waals surface area contributed by atoms with Crippen LogP contribution in [-0.4, -0.2) is 36.8 Å². The first-order chi connectivity index (χ1) is 14.7. The van der Waals surface area contributed by atoms with Gasteiger partial charge in [-0.2, -0.15) is 0 Å². The molecule has 0 saturated heterocycles. The van der Waals surface area contributed by atoms with Gasteiger partial charge in [0.1, 0.15) is 0 Å². The van der Waals surface area contributed by atoms with Crippen molar-refractivity contribution >= 4 is 16.8 Å². The third-order valence-electron chi connectivity index (χ3n) is 4.71. The van der Waals surface area contributed by atoms with Crippen LogP contribution in [0.25, 0.3) is 10.9 Å². The molecule has 0 fully saturated rings. The summed E-state index contributed by atoms with van der Waals surface area (Å²) in [6.07, 6.45) is 2.92. The first-order valence-corrected chi connectivity index (χ1v) is 10.6. The SMILES string of the molecule is CCOc1cc(C(=O)NCCCn2ccc3ccccc32)cc(OCC)c1OCC. The van der Waals surface area contributed by atoms with Crippen LogP contribution in [0.5, 0.6) is 17.2 Å². The van der Waals surface area contributed by atoms with Crippen LogP contribution in [0, 0.1) is 0 Å². The number of fused-ring (bicyclic) bond motifs is 1. The average molecular weight is 411 g/mol. The summed E-state index contributed by atoms with van der Waals surface area (Å²) in [6.45, 7) is 8.54. The van der Waals surface area contributed by atoms with Crippen LogP contribution in [-0.2, 0) is 6.54 Å². The quantitative estimate of drug-likeness (QED) is 0.467. The van der Waals surface area contributed by atoms with Gasteiger partial charge in [0.15, 0.2) is 11.5 Å². The van der Waals surface area contributed by atoms with Gasteiger partial charge in [-0.05, 0) is 56.8 Å². The Morgan fingerprint density at radius 1 is 0.933 bits per heavy atom. The number of amides is 1. The molecule has 0 unspecified atom stereocenters. The highest BCUT2D eigenvalue weighted by Gasteiger charge is 2.18. The molecule has 0 aliphatic heterocycles. The molecule has 6 nitrogen and oxygen atoms in total. The Morgan fingerprint density at radius 2 is 1.60 bits per heavy atom. The zero-order valence-corrected chi connectivity index (χ0v) is 17.9. The van der Waals surface area contributed by atoms with E-state index in [0.29, 0.717) is 49.2 Å². The Bertz CT molecular complexity index is 953. The van der Waals surface area contributed by atoms with Gasteiger partial charge in [0.05, 0.1) is 19.8 Å². The Morgan fingerprint density at radius 3 is 2.27 bits per heavy atom. The molecule has 3 rings (SSSR count). The molecule has 0 aliphatic carbocycles. The number of nitrogens with one attached hydrogen (secondary N) is 1. The van der Waals surface area contributed by atoms with E-state index in [1.54, 1.807) is 12.1 Å². The van der Waals surface area contributed by atoms with E-state index >= 15 is 0 Å². The summed E-state index contributed by atoms with van der Waals surface area (Å²) in [5.74, 6) is 1.43. The van der Waals surface area contributed by atoms with Crippen molar-refractivity contribution in [3.8, 4) is 17.2 Å². The van der Waals surface area contributed by atoms with Gasteiger partial charge in [-0.1, -0.05) is 18.2 Å². The van der Waals surface area contributed by atoms with Gasteiger partial charge < -0.3 is 24.1 Å². The minimum absolute atomic E-state index is 0.155. The monoisotopic (exact) mass is 410 g/mol. The lowest BCUT2D eigenvalue weighted by molar-refractivity contribution is 0.0951. The van der Waals surface area contributed by atoms with E-state index in [2.05, 4.69) is 34.3 Å². The second-order valence-corrected chi connectivity index (χ2v) is 6.78. The summed E-state index contributed by atoms with van der Waals surface area (Å²) in [5, 5.41) is 4.22. The predicted octanol–water partition coefficient (Wildman–Crippen LogP) is 4.66. The lowest BCUT2D eigenvalue weighted by atomic mass is 10.1. The van der Waals surface area contributed by atoms with Crippen LogP contribution in [0.2, 0.25) is 0 Å². The number of nitrogens with zero attached hydrogens (tertiary/aromatic N) is 1. The molecule has 1 amide bonds. The zero-order valence-electron chi connectivity index (χ0n) is 17.9. The largest absolute Gasteiger partial charge is 0.490 e. The number of carbonyl (C=O) groups excluding carboxylic acids is 1. The van der Waals surface area contributed by atoms with Gasteiger partial charge in [-0.3, -0.25) is 4.79 Å². The van der Waals surface area contributed by atoms with E-state index in [4.69, 9.17) is 14.2 Å². The number of rotatable bonds is 11. The van der Waals surface area contributed by atoms with Crippen LogP contribution < -0.4 is 19.5 Å². The fraction of sp³-hybridized carbons (Fsp3) is 0.375. The molecular formula is C24H30N2O4. The van der Waals surface area contributed by atoms with Crippen molar-refractivity contribution in [3.05, 3.63) is 54.2 Å². The maximum absolute atomic E-state index is 12.7. The topological polar surface area (TPSA) is 61.7 Å². The molecule has 0 radical (unpaired) electrons. The minimum Gasteiger partial charge on any atom is -0.490 e. The molecular weight excluding hydrogens is 380 g/mol. The summed E-state index contributed by atoms with van der Waals surface area (Å²) < 4.78 is 19.3. The highest BCUT2D eigenvalue weighted by atomic mass is 16.5. The minimum atomic E-state index is -0.155. The maximum atomic E-state index is 12.7. The molecule has 30 heavy (non-hydrogen) atoms. The van der Waals surface area contributed by atoms with Crippen molar-refractivity contribution in [2.45, 2.75) is 33.7 Å². The average Bonchev–Trinajstić information content (AvgIpc) is 3.16. The Labute approximate surface area is 177 Å². The molecule has 6 heteroatoms. The van der Waals surface area contributed by atoms with Crippen molar-refractivity contribution < 1.29 is 19.0 Å². The van der Waals surface area contributed by atoms with Gasteiger partial charge in [0, 0.05) is 30.4 Å². The number of hydrogen-bond acceptors (Lipinski definition) is 4. The summed E-state index contributed by atoms with van der Waals surface area (Å²) >= 11 is 0. The van der Waals surface area contributed by atoms with Crippen LogP contribution in [0.15, 0.2) is 48.7 Å². The Balaban J connectivity index is 1.65. The lowest BCUT2D eigenvalue weighted by Gasteiger charge is -2.17. The standard InChI is InChI=1S/C24H30N2O4/c1-4-28-21-16-19(17-22(29-5-2)23(21)30-6-3)24(27)25-13-9-14-26-15-12-18-10-7-8-11-20(18)26/h7-8,10-12,15-17H,4-6,9,13-14H2,1-3H3,(H,25,27). The van der Waals surface area contributed by atoms with E-state index in [-0.39, 0.29) is 5.91 Å². The first-order valence-electron chi connectivity index (χ1n) is 10.6. The van der Waals surface area contributed by atoms with Gasteiger partial charge >= 0.3 is 0 Å². The molecule has 160 valence electrons. The van der Waals surface area contributed by atoms with E-state index in [9.17, 15) is 4.79 Å². The van der Waals surface area contributed by atoms with E-state index < -0.39 is 0 Å². The number of aromatic nitrogens is 1. The van der Waals surface area contributed by atoms with Crippen LogP contribution in [0.3, 0.4) is 0 Å². The number of ether oxygens (including phenoxy) is 3. The van der Waals surface area contributed by atoms with E-state index in [0.717, 1.165) is 13.0 Å². The number of para-hydroxylation sites is 1. The first kappa shape index (κ1) is 21.6. The zero-order chi connectivity index (χ0) is 21.3. The van der Waals surface area contributed by atoms with Crippen molar-refractivity contribution in [3.63, 3.8) is 0 Å². The van der Waals surface area contributed by atoms with Crippen molar-refractivity contribution in [1.29, 1.82) is 0 Å². The van der Waals surface area contributed by atoms with Crippen LogP contribution in [0.1, 0.15) is 37.6 Å². The number of benzene rings is 2. The number of carbonyl (C=O) groups is 1. The molecule has 0 spiro atoms. The molecule has 0 bridgehead atoms. The molecule has 0 atom stereocenters. The van der Waals surface area contributed by atoms with Crippen LogP contribution in [0.4, 0.5) is 0 Å². The predicted molar refractivity (Wildman–Crippen MR) is 119 cm³/mol. The van der Waals surface area contributed by atoms with Crippen LogP contribution >= 0.6 is 0 Å². The highest BCUT2D eigenvalue weighted by Crippen LogP contribution is 2.39. The Kier molecular flexibility index (Phi) is 7.60. The van der Waals surface area contributed by atoms with Gasteiger partial charge in [0.2, 0.25) is 5.75 Å². The van der Waals surface area contributed by atoms with Gasteiger partial charge in [-0.25, -0.2) is 0 Å². The fourth-order valence-corrected chi connectivity index (χ4v) is 3.41. The smallest absolute Gasteiger partial charge is 0.251 e. The normalized spacial score (nSPS) is 10.8. The molecule has 1 heterocycles.